The number of carboxylic acid groups (broad SMARTS) is 2. The zero-order chi connectivity index (χ0) is 18.0. The monoisotopic (exact) mass is 316 g/mol. The van der Waals surface area contributed by atoms with E-state index < -0.39 is 22.8 Å². The van der Waals surface area contributed by atoms with Crippen molar-refractivity contribution in [3.63, 3.8) is 0 Å². The van der Waals surface area contributed by atoms with E-state index in [0.29, 0.717) is 0 Å². The van der Waals surface area contributed by atoms with E-state index in [1.165, 1.54) is 0 Å². The molecular formula is C18H36O4. The Balaban J connectivity index is 0. The van der Waals surface area contributed by atoms with Crippen LogP contribution in [-0.4, -0.2) is 22.2 Å². The predicted molar refractivity (Wildman–Crippen MR) is 91.0 cm³/mol. The Morgan fingerprint density at radius 2 is 1.23 bits per heavy atom. The molecule has 0 aromatic heterocycles. The van der Waals surface area contributed by atoms with E-state index in [1.807, 2.05) is 48.5 Å². The molecule has 0 aromatic rings. The van der Waals surface area contributed by atoms with Crippen LogP contribution < -0.4 is 0 Å². The van der Waals surface area contributed by atoms with Gasteiger partial charge in [0, 0.05) is 0 Å². The van der Waals surface area contributed by atoms with Crippen LogP contribution in [0.25, 0.3) is 0 Å². The van der Waals surface area contributed by atoms with Crippen molar-refractivity contribution >= 4 is 11.9 Å². The Morgan fingerprint density at radius 1 is 0.818 bits per heavy atom. The lowest BCUT2D eigenvalue weighted by Gasteiger charge is -2.30. The quantitative estimate of drug-likeness (QED) is 0.612. The van der Waals surface area contributed by atoms with E-state index in [1.54, 1.807) is 0 Å². The fraction of sp³-hybridized carbons (Fsp3) is 0.889. The van der Waals surface area contributed by atoms with Gasteiger partial charge >= 0.3 is 11.9 Å². The molecule has 0 aliphatic heterocycles. The van der Waals surface area contributed by atoms with Crippen LogP contribution in [-0.2, 0) is 9.59 Å². The lowest BCUT2D eigenvalue weighted by atomic mass is 9.73. The molecule has 0 aromatic carbocycles. The van der Waals surface area contributed by atoms with Crippen LogP contribution in [0.1, 0.15) is 87.0 Å². The molecule has 0 radical (unpaired) electrons. The Kier molecular flexibility index (Phi) is 11.2. The molecule has 0 spiro atoms. The van der Waals surface area contributed by atoms with Crippen molar-refractivity contribution in [3.05, 3.63) is 0 Å². The Morgan fingerprint density at radius 3 is 1.27 bits per heavy atom. The predicted octanol–water partition coefficient (Wildman–Crippen LogP) is 5.21. The van der Waals surface area contributed by atoms with Crippen LogP contribution in [0.15, 0.2) is 0 Å². The summed E-state index contributed by atoms with van der Waals surface area (Å²) in [6, 6.07) is 0. The highest BCUT2D eigenvalue weighted by Gasteiger charge is 2.37. The molecule has 0 aliphatic rings. The smallest absolute Gasteiger partial charge is 0.309 e. The summed E-state index contributed by atoms with van der Waals surface area (Å²) in [5, 5.41) is 17.9. The molecule has 0 aliphatic carbocycles. The van der Waals surface area contributed by atoms with Gasteiger partial charge < -0.3 is 10.2 Å². The van der Waals surface area contributed by atoms with E-state index in [0.717, 1.165) is 38.5 Å². The highest BCUT2D eigenvalue weighted by atomic mass is 16.4. The van der Waals surface area contributed by atoms with Gasteiger partial charge in [0.1, 0.15) is 0 Å². The third-order valence-electron chi connectivity index (χ3n) is 5.33. The maximum atomic E-state index is 10.9. The lowest BCUT2D eigenvalue weighted by molar-refractivity contribution is -0.152. The summed E-state index contributed by atoms with van der Waals surface area (Å²) in [5.41, 5.74) is -0.950. The molecule has 0 saturated heterocycles. The van der Waals surface area contributed by atoms with Crippen molar-refractivity contribution in [2.24, 2.45) is 16.7 Å². The van der Waals surface area contributed by atoms with Crippen molar-refractivity contribution < 1.29 is 19.8 Å². The number of rotatable bonds is 9. The standard InChI is InChI=1S/2C9H18O2/c1-5-9(6-2,7(3)4)8(10)11;1-4-7-9(5-2,6-3)8(10)11/h7H,5-6H2,1-4H3,(H,10,11);4-7H2,1-3H3,(H,10,11). The maximum Gasteiger partial charge on any atom is 0.309 e. The number of hydrogen-bond acceptors (Lipinski definition) is 2. The summed E-state index contributed by atoms with van der Waals surface area (Å²) < 4.78 is 0. The van der Waals surface area contributed by atoms with E-state index in [9.17, 15) is 9.59 Å². The van der Waals surface area contributed by atoms with Crippen molar-refractivity contribution in [1.82, 2.24) is 0 Å². The molecule has 0 amide bonds. The maximum absolute atomic E-state index is 10.9. The highest BCUT2D eigenvalue weighted by Crippen LogP contribution is 2.35. The number of aliphatic carboxylic acids is 2. The zero-order valence-electron chi connectivity index (χ0n) is 15.5. The topological polar surface area (TPSA) is 74.6 Å². The molecule has 4 nitrogen and oxygen atoms in total. The summed E-state index contributed by atoms with van der Waals surface area (Å²) in [6.07, 6.45) is 4.68. The van der Waals surface area contributed by atoms with E-state index in [-0.39, 0.29) is 5.92 Å². The summed E-state index contributed by atoms with van der Waals surface area (Å²) in [4.78, 5) is 21.8. The molecule has 22 heavy (non-hydrogen) atoms. The minimum Gasteiger partial charge on any atom is -0.481 e. The van der Waals surface area contributed by atoms with Gasteiger partial charge in [-0.1, -0.05) is 54.9 Å². The minimum atomic E-state index is -0.655. The van der Waals surface area contributed by atoms with Gasteiger partial charge in [0.15, 0.2) is 0 Å². The van der Waals surface area contributed by atoms with Gasteiger partial charge in [0.05, 0.1) is 10.8 Å². The first kappa shape index (κ1) is 23.2. The van der Waals surface area contributed by atoms with Crippen LogP contribution >= 0.6 is 0 Å². The molecule has 0 bridgehead atoms. The summed E-state index contributed by atoms with van der Waals surface area (Å²) >= 11 is 0. The van der Waals surface area contributed by atoms with Crippen LogP contribution in [0.2, 0.25) is 0 Å². The van der Waals surface area contributed by atoms with Crippen LogP contribution in [0.5, 0.6) is 0 Å². The van der Waals surface area contributed by atoms with Gasteiger partial charge in [-0.05, 0) is 38.0 Å². The molecule has 4 heteroatoms. The number of carbonyl (C=O) groups is 2. The van der Waals surface area contributed by atoms with Crippen LogP contribution in [0, 0.1) is 16.7 Å². The summed E-state index contributed by atoms with van der Waals surface area (Å²) in [5.74, 6) is -1.07. The summed E-state index contributed by atoms with van der Waals surface area (Å²) in [7, 11) is 0. The molecule has 0 atom stereocenters. The average molecular weight is 316 g/mol. The van der Waals surface area contributed by atoms with Crippen molar-refractivity contribution in [2.45, 2.75) is 87.0 Å². The first-order valence-electron chi connectivity index (χ1n) is 8.60. The van der Waals surface area contributed by atoms with Crippen molar-refractivity contribution in [3.8, 4) is 0 Å². The molecule has 0 unspecified atom stereocenters. The Bertz CT molecular complexity index is 326. The zero-order valence-corrected chi connectivity index (χ0v) is 15.5. The molecule has 0 rings (SSSR count). The molecule has 0 fully saturated rings. The second-order valence-corrected chi connectivity index (χ2v) is 6.37. The van der Waals surface area contributed by atoms with Crippen molar-refractivity contribution in [1.29, 1.82) is 0 Å². The lowest BCUT2D eigenvalue weighted by Crippen LogP contribution is -2.34. The Hall–Kier alpha value is -1.06. The van der Waals surface area contributed by atoms with Crippen LogP contribution in [0.4, 0.5) is 0 Å². The van der Waals surface area contributed by atoms with E-state index in [4.69, 9.17) is 10.2 Å². The normalized spacial score (nSPS) is 11.8. The highest BCUT2D eigenvalue weighted by molar-refractivity contribution is 5.75. The average Bonchev–Trinajstić information content (AvgIpc) is 2.46. The Labute approximate surface area is 136 Å². The van der Waals surface area contributed by atoms with Gasteiger partial charge in [-0.25, -0.2) is 0 Å². The fourth-order valence-corrected chi connectivity index (χ4v) is 3.11. The molecule has 2 N–H and O–H groups in total. The first-order valence-corrected chi connectivity index (χ1v) is 8.60. The second-order valence-electron chi connectivity index (χ2n) is 6.37. The van der Waals surface area contributed by atoms with Gasteiger partial charge in [0.2, 0.25) is 0 Å². The van der Waals surface area contributed by atoms with Gasteiger partial charge in [-0.2, -0.15) is 0 Å². The second kappa shape index (κ2) is 10.6. The van der Waals surface area contributed by atoms with Crippen molar-refractivity contribution in [2.75, 3.05) is 0 Å². The summed E-state index contributed by atoms with van der Waals surface area (Å²) in [6.45, 7) is 13.8. The molecular weight excluding hydrogens is 280 g/mol. The van der Waals surface area contributed by atoms with Gasteiger partial charge in [0.25, 0.3) is 0 Å². The molecule has 0 saturated carbocycles. The third kappa shape index (κ3) is 5.62. The minimum absolute atomic E-state index is 0.218. The van der Waals surface area contributed by atoms with Crippen LogP contribution in [0.3, 0.4) is 0 Å². The first-order chi connectivity index (χ1) is 10.1. The fourth-order valence-electron chi connectivity index (χ4n) is 3.11. The van der Waals surface area contributed by atoms with Gasteiger partial charge in [-0.15, -0.1) is 0 Å². The number of carboxylic acids is 2. The van der Waals surface area contributed by atoms with Gasteiger partial charge in [-0.3, -0.25) is 9.59 Å². The number of hydrogen-bond donors (Lipinski definition) is 2. The SMILES string of the molecule is CCC(CC)(C(=O)O)C(C)C.CCCC(CC)(CC)C(=O)O. The molecule has 0 heterocycles. The largest absolute Gasteiger partial charge is 0.481 e. The molecule has 132 valence electrons. The van der Waals surface area contributed by atoms with E-state index in [2.05, 4.69) is 0 Å². The third-order valence-corrected chi connectivity index (χ3v) is 5.33. The van der Waals surface area contributed by atoms with E-state index >= 15 is 0 Å².